The van der Waals surface area contributed by atoms with Crippen LogP contribution in [0.15, 0.2) is 43.0 Å². The predicted molar refractivity (Wildman–Crippen MR) is 88.3 cm³/mol. The molecule has 0 unspecified atom stereocenters. The first kappa shape index (κ1) is 16.1. The predicted octanol–water partition coefficient (Wildman–Crippen LogP) is 2.39. The molecule has 2 atom stereocenters. The van der Waals surface area contributed by atoms with Crippen molar-refractivity contribution in [1.29, 1.82) is 5.26 Å². The molecule has 1 aliphatic rings. The van der Waals surface area contributed by atoms with Gasteiger partial charge in [-0.25, -0.2) is 4.98 Å². The van der Waals surface area contributed by atoms with Gasteiger partial charge in [-0.15, -0.1) is 0 Å². The van der Waals surface area contributed by atoms with E-state index in [1.165, 1.54) is 0 Å². The van der Waals surface area contributed by atoms with Crippen LogP contribution in [0.3, 0.4) is 0 Å². The van der Waals surface area contributed by atoms with Gasteiger partial charge in [0, 0.05) is 25.5 Å². The number of aromatic nitrogens is 2. The zero-order chi connectivity index (χ0) is 16.9. The number of carbonyl (C=O) groups is 1. The van der Waals surface area contributed by atoms with E-state index < -0.39 is 6.10 Å². The molecule has 3 rings (SSSR count). The summed E-state index contributed by atoms with van der Waals surface area (Å²) in [5.41, 5.74) is 0.437. The van der Waals surface area contributed by atoms with Gasteiger partial charge in [-0.2, -0.15) is 5.26 Å². The lowest BCUT2D eigenvalue weighted by Crippen LogP contribution is -2.46. The number of benzene rings is 1. The first-order valence-electron chi connectivity index (χ1n) is 8.11. The summed E-state index contributed by atoms with van der Waals surface area (Å²) in [5, 5.41) is 9.12. The number of ether oxygens (including phenoxy) is 1. The molecule has 124 valence electrons. The number of rotatable bonds is 4. The number of nitrogens with zero attached hydrogens (tertiary/aromatic N) is 4. The lowest BCUT2D eigenvalue weighted by Gasteiger charge is -2.34. The third-order valence-corrected chi connectivity index (χ3v) is 4.31. The molecule has 1 fully saturated rings. The van der Waals surface area contributed by atoms with Crippen molar-refractivity contribution >= 4 is 5.91 Å². The summed E-state index contributed by atoms with van der Waals surface area (Å²) in [6, 6.07) is 9.31. The minimum atomic E-state index is -0.624. The van der Waals surface area contributed by atoms with Gasteiger partial charge in [-0.3, -0.25) is 4.79 Å². The molecule has 6 nitrogen and oxygen atoms in total. The maximum absolute atomic E-state index is 12.7. The van der Waals surface area contributed by atoms with E-state index in [4.69, 9.17) is 10.00 Å². The Hall–Kier alpha value is -2.81. The summed E-state index contributed by atoms with van der Waals surface area (Å²) in [7, 11) is 0. The molecule has 2 heterocycles. The van der Waals surface area contributed by atoms with Gasteiger partial charge in [0.25, 0.3) is 5.91 Å². The van der Waals surface area contributed by atoms with Crippen molar-refractivity contribution < 1.29 is 9.53 Å². The molecule has 0 radical (unpaired) electrons. The zero-order valence-electron chi connectivity index (χ0n) is 13.6. The van der Waals surface area contributed by atoms with Crippen molar-refractivity contribution in [2.75, 3.05) is 13.1 Å². The van der Waals surface area contributed by atoms with Crippen molar-refractivity contribution in [3.8, 4) is 11.8 Å². The lowest BCUT2D eigenvalue weighted by atomic mass is 10.0. The van der Waals surface area contributed by atoms with Crippen LogP contribution in [0.2, 0.25) is 0 Å². The summed E-state index contributed by atoms with van der Waals surface area (Å²) in [6.07, 6.45) is 6.85. The van der Waals surface area contributed by atoms with Gasteiger partial charge in [0.1, 0.15) is 11.8 Å². The van der Waals surface area contributed by atoms with Gasteiger partial charge in [0.15, 0.2) is 6.10 Å². The van der Waals surface area contributed by atoms with Gasteiger partial charge in [0.2, 0.25) is 0 Å². The standard InChI is InChI=1S/C18H20N4O2/c1-14(24-17-7-3-2-5-15(17)11-19)18(23)21-9-4-6-16(12-21)22-10-8-20-13-22/h2-3,5,7-8,10,13-14,16H,4,6,9,12H2,1H3/t14-,16-/m1/s1. The van der Waals surface area contributed by atoms with Crippen LogP contribution in [0, 0.1) is 11.3 Å². The van der Waals surface area contributed by atoms with Crippen LogP contribution in [-0.4, -0.2) is 39.6 Å². The Balaban J connectivity index is 1.66. The summed E-state index contributed by atoms with van der Waals surface area (Å²) in [6.45, 7) is 3.12. The maximum Gasteiger partial charge on any atom is 0.263 e. The molecule has 0 bridgehead atoms. The van der Waals surface area contributed by atoms with Crippen LogP contribution in [0.1, 0.15) is 31.4 Å². The molecule has 1 aromatic carbocycles. The number of hydrogen-bond acceptors (Lipinski definition) is 4. The molecule has 1 amide bonds. The Morgan fingerprint density at radius 2 is 2.29 bits per heavy atom. The Kier molecular flexibility index (Phi) is 4.80. The van der Waals surface area contributed by atoms with Crippen LogP contribution in [0.25, 0.3) is 0 Å². The van der Waals surface area contributed by atoms with E-state index in [1.54, 1.807) is 43.7 Å². The molecule has 6 heteroatoms. The summed E-state index contributed by atoms with van der Waals surface area (Å²) in [5.74, 6) is 0.400. The number of carbonyl (C=O) groups excluding carboxylic acids is 1. The van der Waals surface area contributed by atoms with E-state index in [1.807, 2.05) is 11.1 Å². The normalized spacial score (nSPS) is 18.7. The van der Waals surface area contributed by atoms with Gasteiger partial charge in [-0.1, -0.05) is 12.1 Å². The second kappa shape index (κ2) is 7.18. The van der Waals surface area contributed by atoms with E-state index in [9.17, 15) is 4.79 Å². The second-order valence-electron chi connectivity index (χ2n) is 5.96. The SMILES string of the molecule is C[C@@H](Oc1ccccc1C#N)C(=O)N1CCC[C@@H](n2ccnc2)C1. The van der Waals surface area contributed by atoms with Crippen molar-refractivity contribution in [3.05, 3.63) is 48.5 Å². The van der Waals surface area contributed by atoms with E-state index in [0.717, 1.165) is 19.4 Å². The third-order valence-electron chi connectivity index (χ3n) is 4.31. The summed E-state index contributed by atoms with van der Waals surface area (Å²) < 4.78 is 7.80. The molecule has 0 spiro atoms. The number of likely N-dealkylation sites (tertiary alicyclic amines) is 1. The second-order valence-corrected chi connectivity index (χ2v) is 5.96. The number of imidazole rings is 1. The minimum Gasteiger partial charge on any atom is -0.480 e. The molecule has 1 aromatic heterocycles. The maximum atomic E-state index is 12.7. The van der Waals surface area contributed by atoms with Gasteiger partial charge in [-0.05, 0) is 31.9 Å². The Bertz CT molecular complexity index is 736. The molecule has 0 aliphatic carbocycles. The third kappa shape index (κ3) is 3.40. The van der Waals surface area contributed by atoms with Crippen LogP contribution in [0.5, 0.6) is 5.75 Å². The van der Waals surface area contributed by atoms with Gasteiger partial charge in [0.05, 0.1) is 17.9 Å². The average Bonchev–Trinajstić information content (AvgIpc) is 3.16. The average molecular weight is 324 g/mol. The first-order chi connectivity index (χ1) is 11.7. The Morgan fingerprint density at radius 1 is 1.46 bits per heavy atom. The number of piperidine rings is 1. The minimum absolute atomic E-state index is 0.0486. The Labute approximate surface area is 141 Å². The Morgan fingerprint density at radius 3 is 3.04 bits per heavy atom. The highest BCUT2D eigenvalue weighted by Crippen LogP contribution is 2.23. The topological polar surface area (TPSA) is 71.2 Å². The molecule has 1 aliphatic heterocycles. The summed E-state index contributed by atoms with van der Waals surface area (Å²) in [4.78, 5) is 18.6. The highest BCUT2D eigenvalue weighted by molar-refractivity contribution is 5.81. The number of amides is 1. The first-order valence-corrected chi connectivity index (χ1v) is 8.11. The highest BCUT2D eigenvalue weighted by atomic mass is 16.5. The number of para-hydroxylation sites is 1. The van der Waals surface area contributed by atoms with Crippen LogP contribution >= 0.6 is 0 Å². The van der Waals surface area contributed by atoms with Gasteiger partial charge < -0.3 is 14.2 Å². The number of nitriles is 1. The fourth-order valence-electron chi connectivity index (χ4n) is 3.04. The molecular formula is C18H20N4O2. The van der Waals surface area contributed by atoms with E-state index in [-0.39, 0.29) is 11.9 Å². The molecule has 0 saturated carbocycles. The molecule has 2 aromatic rings. The quantitative estimate of drug-likeness (QED) is 0.866. The summed E-state index contributed by atoms with van der Waals surface area (Å²) >= 11 is 0. The van der Waals surface area contributed by atoms with E-state index in [0.29, 0.717) is 17.9 Å². The molecule has 1 saturated heterocycles. The van der Waals surface area contributed by atoms with Crippen LogP contribution < -0.4 is 4.74 Å². The highest BCUT2D eigenvalue weighted by Gasteiger charge is 2.28. The van der Waals surface area contributed by atoms with Crippen LogP contribution in [-0.2, 0) is 4.79 Å². The van der Waals surface area contributed by atoms with Crippen molar-refractivity contribution in [2.45, 2.75) is 31.9 Å². The lowest BCUT2D eigenvalue weighted by molar-refractivity contribution is -0.139. The molecule has 0 N–H and O–H groups in total. The monoisotopic (exact) mass is 324 g/mol. The van der Waals surface area contributed by atoms with Crippen molar-refractivity contribution in [3.63, 3.8) is 0 Å². The fourth-order valence-corrected chi connectivity index (χ4v) is 3.04. The number of hydrogen-bond donors (Lipinski definition) is 0. The van der Waals surface area contributed by atoms with E-state index >= 15 is 0 Å². The van der Waals surface area contributed by atoms with E-state index in [2.05, 4.69) is 15.6 Å². The molecule has 24 heavy (non-hydrogen) atoms. The molecular weight excluding hydrogens is 304 g/mol. The zero-order valence-corrected chi connectivity index (χ0v) is 13.6. The van der Waals surface area contributed by atoms with Crippen molar-refractivity contribution in [1.82, 2.24) is 14.5 Å². The fraction of sp³-hybridized carbons (Fsp3) is 0.389. The largest absolute Gasteiger partial charge is 0.480 e. The smallest absolute Gasteiger partial charge is 0.263 e. The van der Waals surface area contributed by atoms with Gasteiger partial charge >= 0.3 is 0 Å². The van der Waals surface area contributed by atoms with Crippen molar-refractivity contribution in [2.24, 2.45) is 0 Å². The van der Waals surface area contributed by atoms with Crippen LogP contribution in [0.4, 0.5) is 0 Å².